The largest absolute Gasteiger partial charge is 0.394 e. The molecule has 5 atom stereocenters. The third kappa shape index (κ3) is 3.29. The quantitative estimate of drug-likeness (QED) is 0.115. The summed E-state index contributed by atoms with van der Waals surface area (Å²) in [5, 5.41) is 42.7. The molecule has 1 unspecified atom stereocenters. The summed E-state index contributed by atoms with van der Waals surface area (Å²) in [6.07, 6.45) is -7.19. The number of nitrogens with two attached hydrogens (primary N) is 2. The molecule has 1 aliphatic heterocycles. The van der Waals surface area contributed by atoms with Crippen LogP contribution in [-0.2, 0) is 11.3 Å². The van der Waals surface area contributed by atoms with Crippen LogP contribution >= 0.6 is 0 Å². The molecule has 0 aliphatic carbocycles. The van der Waals surface area contributed by atoms with E-state index in [2.05, 4.69) is 15.0 Å². The molecule has 2 aromatic heterocycles. The fraction of sp³-hybridized carbons (Fsp3) is 0.615. The minimum atomic E-state index is -1.64. The standard InChI is InChI=1S/C13H19N9O7/c14-12-18-9-6(10(27)22(12)16)20(2-4(24)1-17-19-15)13(28)21(9)11-8(26)7(25)5(3-23)29-11/h4-5,7-8,11,23-26H,1-3,16H2,(H2,14,18)/t4?,5-,7-,8-,11-/m1/s1. The van der Waals surface area contributed by atoms with Crippen molar-refractivity contribution in [1.29, 1.82) is 0 Å². The predicted octanol–water partition coefficient (Wildman–Crippen LogP) is -4.06. The highest BCUT2D eigenvalue weighted by Crippen LogP contribution is 2.30. The number of nitrogens with zero attached hydrogens (tertiary/aromatic N) is 7. The summed E-state index contributed by atoms with van der Waals surface area (Å²) in [5.41, 5.74) is 11.4. The molecule has 3 rings (SSSR count). The van der Waals surface area contributed by atoms with Gasteiger partial charge in [0.15, 0.2) is 17.4 Å². The third-order valence-electron chi connectivity index (χ3n) is 4.56. The molecule has 0 saturated carbocycles. The topological polar surface area (TPSA) is 253 Å². The highest BCUT2D eigenvalue weighted by atomic mass is 16.6. The lowest BCUT2D eigenvalue weighted by molar-refractivity contribution is -0.0528. The zero-order valence-corrected chi connectivity index (χ0v) is 14.8. The summed E-state index contributed by atoms with van der Waals surface area (Å²) in [7, 11) is 0. The molecule has 1 aliphatic rings. The molecule has 16 nitrogen and oxygen atoms in total. The van der Waals surface area contributed by atoms with E-state index < -0.39 is 61.0 Å². The van der Waals surface area contributed by atoms with Crippen LogP contribution in [0.5, 0.6) is 0 Å². The number of hydrogen-bond acceptors (Lipinski definition) is 11. The van der Waals surface area contributed by atoms with E-state index in [-0.39, 0.29) is 17.7 Å². The van der Waals surface area contributed by atoms with Crippen molar-refractivity contribution in [3.05, 3.63) is 31.3 Å². The molecule has 29 heavy (non-hydrogen) atoms. The second-order valence-electron chi connectivity index (χ2n) is 6.38. The first kappa shape index (κ1) is 20.6. The van der Waals surface area contributed by atoms with Crippen LogP contribution in [0.25, 0.3) is 21.6 Å². The number of ether oxygens (including phenoxy) is 1. The summed E-state index contributed by atoms with van der Waals surface area (Å²) in [4.78, 5) is 32.0. The van der Waals surface area contributed by atoms with Crippen molar-refractivity contribution in [1.82, 2.24) is 18.8 Å². The van der Waals surface area contributed by atoms with E-state index in [1.165, 1.54) is 0 Å². The van der Waals surface area contributed by atoms with Gasteiger partial charge in [0.05, 0.1) is 25.8 Å². The average Bonchev–Trinajstić information content (AvgIpc) is 3.12. The van der Waals surface area contributed by atoms with E-state index in [1.54, 1.807) is 0 Å². The Bertz CT molecular complexity index is 1080. The van der Waals surface area contributed by atoms with Gasteiger partial charge in [-0.05, 0) is 5.53 Å². The van der Waals surface area contributed by atoms with Crippen LogP contribution in [0, 0.1) is 0 Å². The zero-order chi connectivity index (χ0) is 21.5. The minimum absolute atomic E-state index is 0.315. The van der Waals surface area contributed by atoms with Crippen molar-refractivity contribution >= 4 is 17.1 Å². The molecule has 0 aromatic carbocycles. The second-order valence-corrected chi connectivity index (χ2v) is 6.38. The first-order chi connectivity index (χ1) is 13.7. The van der Waals surface area contributed by atoms with Crippen LogP contribution in [0.15, 0.2) is 14.7 Å². The van der Waals surface area contributed by atoms with E-state index >= 15 is 0 Å². The van der Waals surface area contributed by atoms with Crippen LogP contribution in [0.1, 0.15) is 6.23 Å². The van der Waals surface area contributed by atoms with E-state index in [9.17, 15) is 30.0 Å². The van der Waals surface area contributed by atoms with Gasteiger partial charge in [0.25, 0.3) is 5.56 Å². The molecule has 1 saturated heterocycles. The van der Waals surface area contributed by atoms with Gasteiger partial charge in [-0.2, -0.15) is 9.66 Å². The van der Waals surface area contributed by atoms with Crippen molar-refractivity contribution in [3.8, 4) is 0 Å². The van der Waals surface area contributed by atoms with E-state index in [4.69, 9.17) is 21.8 Å². The Morgan fingerprint density at radius 2 is 2.03 bits per heavy atom. The maximum absolute atomic E-state index is 13.0. The Labute approximate surface area is 160 Å². The van der Waals surface area contributed by atoms with Gasteiger partial charge < -0.3 is 36.7 Å². The molecule has 0 radical (unpaired) electrons. The summed E-state index contributed by atoms with van der Waals surface area (Å²) in [5.74, 6) is 5.09. The Morgan fingerprint density at radius 3 is 2.62 bits per heavy atom. The highest BCUT2D eigenvalue weighted by Gasteiger charge is 2.45. The lowest BCUT2D eigenvalue weighted by atomic mass is 10.1. The molecule has 16 heteroatoms. The van der Waals surface area contributed by atoms with Gasteiger partial charge in [-0.25, -0.2) is 9.36 Å². The van der Waals surface area contributed by atoms with Gasteiger partial charge in [-0.3, -0.25) is 9.36 Å². The van der Waals surface area contributed by atoms with Crippen molar-refractivity contribution in [2.24, 2.45) is 5.11 Å². The Kier molecular flexibility index (Phi) is 5.47. The number of aliphatic hydroxyl groups is 4. The van der Waals surface area contributed by atoms with Gasteiger partial charge in [-0.15, -0.1) is 0 Å². The van der Waals surface area contributed by atoms with Crippen LogP contribution in [-0.4, -0.2) is 76.8 Å². The van der Waals surface area contributed by atoms with Gasteiger partial charge in [-0.1, -0.05) is 5.11 Å². The first-order valence-electron chi connectivity index (χ1n) is 8.32. The number of aromatic nitrogens is 4. The van der Waals surface area contributed by atoms with Crippen molar-refractivity contribution in [2.75, 3.05) is 24.7 Å². The summed E-state index contributed by atoms with van der Waals surface area (Å²) >= 11 is 0. The molecule has 2 aromatic rings. The second kappa shape index (κ2) is 7.70. The number of azide groups is 1. The summed E-state index contributed by atoms with van der Waals surface area (Å²) < 4.78 is 7.43. The molecule has 158 valence electrons. The molecule has 0 spiro atoms. The van der Waals surface area contributed by atoms with Crippen molar-refractivity contribution in [2.45, 2.75) is 37.2 Å². The minimum Gasteiger partial charge on any atom is -0.394 e. The average molecular weight is 413 g/mol. The number of imidazole rings is 1. The van der Waals surface area contributed by atoms with E-state index in [0.717, 1.165) is 9.13 Å². The molecular formula is C13H19N9O7. The number of anilines is 1. The van der Waals surface area contributed by atoms with Crippen LogP contribution < -0.4 is 22.8 Å². The fourth-order valence-electron chi connectivity index (χ4n) is 3.14. The van der Waals surface area contributed by atoms with Gasteiger partial charge in [0.2, 0.25) is 5.95 Å². The molecule has 1 fully saturated rings. The van der Waals surface area contributed by atoms with Crippen LogP contribution in [0.3, 0.4) is 0 Å². The van der Waals surface area contributed by atoms with Gasteiger partial charge in [0.1, 0.15) is 18.3 Å². The van der Waals surface area contributed by atoms with Gasteiger partial charge >= 0.3 is 5.69 Å². The highest BCUT2D eigenvalue weighted by molar-refractivity contribution is 5.72. The normalized spacial score (nSPS) is 25.2. The number of fused-ring (bicyclic) bond motifs is 1. The Hall–Kier alpha value is -3.14. The third-order valence-corrected chi connectivity index (χ3v) is 4.56. The van der Waals surface area contributed by atoms with Gasteiger partial charge in [0, 0.05) is 4.91 Å². The lowest BCUT2D eigenvalue weighted by Crippen LogP contribution is -2.37. The fourth-order valence-corrected chi connectivity index (χ4v) is 3.14. The number of nitrogen functional groups attached to an aromatic ring is 2. The predicted molar refractivity (Wildman–Crippen MR) is 95.8 cm³/mol. The number of aliphatic hydroxyl groups excluding tert-OH is 4. The number of rotatable bonds is 6. The number of hydrogen-bond donors (Lipinski definition) is 6. The van der Waals surface area contributed by atoms with Crippen molar-refractivity contribution < 1.29 is 25.2 Å². The Balaban J connectivity index is 2.23. The molecule has 3 heterocycles. The van der Waals surface area contributed by atoms with E-state index in [1.807, 2.05) is 0 Å². The smallest absolute Gasteiger partial charge is 0.332 e. The molecule has 0 bridgehead atoms. The van der Waals surface area contributed by atoms with Crippen LogP contribution in [0.2, 0.25) is 0 Å². The first-order valence-corrected chi connectivity index (χ1v) is 8.32. The van der Waals surface area contributed by atoms with Crippen LogP contribution in [0.4, 0.5) is 5.95 Å². The maximum Gasteiger partial charge on any atom is 0.332 e. The molecular weight excluding hydrogens is 394 g/mol. The van der Waals surface area contributed by atoms with Crippen molar-refractivity contribution in [3.63, 3.8) is 0 Å². The lowest BCUT2D eigenvalue weighted by Gasteiger charge is -2.16. The molecule has 8 N–H and O–H groups in total. The Morgan fingerprint density at radius 1 is 1.34 bits per heavy atom. The monoisotopic (exact) mass is 413 g/mol. The van der Waals surface area contributed by atoms with E-state index in [0.29, 0.717) is 4.68 Å². The molecule has 0 amide bonds. The summed E-state index contributed by atoms with van der Waals surface area (Å²) in [6, 6.07) is 0. The SMILES string of the molecule is [N-]=[N+]=NCC(O)Cn1c(=O)n([C@@H]2O[C@H](CO)[C@@H](O)[C@H]2O)c2nc(N)n(N)c(=O)c21. The summed E-state index contributed by atoms with van der Waals surface area (Å²) in [6.45, 7) is -1.50. The zero-order valence-electron chi connectivity index (χ0n) is 14.8. The maximum atomic E-state index is 13.0.